The van der Waals surface area contributed by atoms with Gasteiger partial charge in [0.15, 0.2) is 11.4 Å². The lowest BCUT2D eigenvalue weighted by molar-refractivity contribution is 0.144. The highest BCUT2D eigenvalue weighted by atomic mass is 32.2. The summed E-state index contributed by atoms with van der Waals surface area (Å²) in [4.78, 5) is 12.5. The molecule has 0 atom stereocenters. The number of unbranched alkanes of at least 4 members (excludes halogenated alkanes) is 13. The van der Waals surface area contributed by atoms with Crippen LogP contribution in [0.4, 0.5) is 22.7 Å². The molecule has 0 bridgehead atoms. The molecule has 396 valence electrons. The molecule has 0 spiro atoms. The highest BCUT2D eigenvalue weighted by Gasteiger charge is 2.32. The van der Waals surface area contributed by atoms with E-state index in [-0.39, 0.29) is 63.5 Å². The van der Waals surface area contributed by atoms with Crippen molar-refractivity contribution in [1.29, 1.82) is 5.26 Å². The molecule has 1 aromatic heterocycles. The Labute approximate surface area is 432 Å². The van der Waals surface area contributed by atoms with Crippen LogP contribution in [0.5, 0.6) is 17.2 Å². The molecule has 5 rings (SSSR count). The molecular formula is C55H75N7O9S2. The van der Waals surface area contributed by atoms with Gasteiger partial charge in [0.25, 0.3) is 25.6 Å². The zero-order valence-corrected chi connectivity index (χ0v) is 45.3. The Balaban J connectivity index is 1.31. The maximum Gasteiger partial charge on any atom is 0.300 e. The lowest BCUT2D eigenvalue weighted by atomic mass is 9.72. The van der Waals surface area contributed by atoms with Crippen LogP contribution >= 0.6 is 0 Å². The standard InChI is InChI=1S/C55H75N7O9S2/c1-8-9-10-11-12-13-14-15-16-17-18-19-20-24-33-70-50-38-46(48(63)37-45(50)55(5,6)40-54(2,3)4)61-73(67,68)51-36-42(29-32-49(51)71-35-34-69-7)60-72(65,66)44-30-27-41(28-31-44)57-58-52-47(39-56)59-62(53(52)64)43-25-22-21-23-26-43/h21-23,25-32,36-38,59-61,63H,8-20,24,33-35,40H2,1-7H3. The quantitative estimate of drug-likeness (QED) is 0.0186. The van der Waals surface area contributed by atoms with Gasteiger partial charge in [0.05, 0.1) is 40.9 Å². The van der Waals surface area contributed by atoms with Gasteiger partial charge in [-0.1, -0.05) is 143 Å². The molecule has 0 aliphatic heterocycles. The minimum absolute atomic E-state index is 0.0150. The fourth-order valence-electron chi connectivity index (χ4n) is 8.91. The second-order valence-electron chi connectivity index (χ2n) is 20.3. The summed E-state index contributed by atoms with van der Waals surface area (Å²) >= 11 is 0. The first-order valence-corrected chi connectivity index (χ1v) is 28.4. The second kappa shape index (κ2) is 27.2. The Morgan fingerprint density at radius 1 is 0.699 bits per heavy atom. The van der Waals surface area contributed by atoms with Crippen LogP contribution in [0, 0.1) is 16.7 Å². The zero-order valence-electron chi connectivity index (χ0n) is 43.6. The van der Waals surface area contributed by atoms with Crippen LogP contribution in [0.2, 0.25) is 0 Å². The largest absolute Gasteiger partial charge is 0.506 e. The number of aromatic hydroxyl groups is 1. The lowest BCUT2D eigenvalue weighted by Crippen LogP contribution is -2.26. The molecule has 1 heterocycles. The van der Waals surface area contributed by atoms with Gasteiger partial charge in [-0.2, -0.15) is 10.4 Å². The van der Waals surface area contributed by atoms with E-state index in [2.05, 4.69) is 66.3 Å². The number of H-pyrrole nitrogens is 1. The topological polar surface area (TPSA) is 227 Å². The number of aromatic amines is 1. The van der Waals surface area contributed by atoms with E-state index in [1.54, 1.807) is 36.4 Å². The first-order chi connectivity index (χ1) is 34.8. The van der Waals surface area contributed by atoms with Crippen LogP contribution in [0.25, 0.3) is 5.69 Å². The number of ether oxygens (including phenoxy) is 3. The normalized spacial score (nSPS) is 12.2. The van der Waals surface area contributed by atoms with Crippen molar-refractivity contribution in [2.75, 3.05) is 36.4 Å². The third-order valence-corrected chi connectivity index (χ3v) is 15.0. The smallest absolute Gasteiger partial charge is 0.300 e. The van der Waals surface area contributed by atoms with Gasteiger partial charge >= 0.3 is 0 Å². The molecule has 0 radical (unpaired) electrons. The predicted molar refractivity (Wildman–Crippen MR) is 288 cm³/mol. The van der Waals surface area contributed by atoms with Crippen molar-refractivity contribution in [2.24, 2.45) is 15.6 Å². The molecule has 4 N–H and O–H groups in total. The number of rotatable bonds is 31. The SMILES string of the molecule is CCCCCCCCCCCCCCCCOc1cc(NS(=O)(=O)c2cc(NS(=O)(=O)c3ccc(N=Nc4c(C#N)[nH]n(-c5ccccc5)c4=O)cc3)ccc2OCCOC)c(O)cc1C(C)(C)CC(C)(C)C. The number of hydrogen-bond donors (Lipinski definition) is 4. The van der Waals surface area contributed by atoms with E-state index in [0.29, 0.717) is 18.0 Å². The van der Waals surface area contributed by atoms with Crippen molar-refractivity contribution in [3.63, 3.8) is 0 Å². The number of benzene rings is 4. The molecule has 0 fully saturated rings. The first-order valence-electron chi connectivity index (χ1n) is 25.4. The Kier molecular flexibility index (Phi) is 21.5. The fourth-order valence-corrected chi connectivity index (χ4v) is 11.2. The Morgan fingerprint density at radius 2 is 1.30 bits per heavy atom. The molecule has 0 unspecified atom stereocenters. The molecule has 18 heteroatoms. The van der Waals surface area contributed by atoms with Gasteiger partial charge in [-0.3, -0.25) is 19.3 Å². The first kappa shape index (κ1) is 57.7. The fraction of sp³-hybridized carbons (Fsp3) is 0.491. The van der Waals surface area contributed by atoms with Crippen molar-refractivity contribution < 1.29 is 36.2 Å². The highest BCUT2D eigenvalue weighted by molar-refractivity contribution is 7.93. The van der Waals surface area contributed by atoms with Crippen LogP contribution in [-0.2, 0) is 30.2 Å². The molecule has 4 aromatic carbocycles. The molecule has 0 saturated carbocycles. The minimum Gasteiger partial charge on any atom is -0.506 e. The van der Waals surface area contributed by atoms with E-state index < -0.39 is 35.9 Å². The number of nitrogens with one attached hydrogen (secondary N) is 3. The number of azo groups is 1. The third-order valence-electron chi connectivity index (χ3n) is 12.2. The molecule has 5 aromatic rings. The predicted octanol–water partition coefficient (Wildman–Crippen LogP) is 13.4. The van der Waals surface area contributed by atoms with Crippen molar-refractivity contribution >= 4 is 42.8 Å². The van der Waals surface area contributed by atoms with Gasteiger partial charge in [-0.05, 0) is 84.3 Å². The zero-order chi connectivity index (χ0) is 53.1. The number of aromatic nitrogens is 2. The van der Waals surface area contributed by atoms with Gasteiger partial charge in [-0.25, -0.2) is 21.5 Å². The number of para-hydroxylation sites is 1. The molecule has 0 aliphatic carbocycles. The molecular weight excluding hydrogens is 967 g/mol. The molecule has 0 aliphatic rings. The summed E-state index contributed by atoms with van der Waals surface area (Å²) in [7, 11) is -7.43. The number of methoxy groups -OCH3 is 1. The number of sulfonamides is 2. The van der Waals surface area contributed by atoms with E-state index in [0.717, 1.165) is 37.3 Å². The summed E-state index contributed by atoms with van der Waals surface area (Å²) in [5.41, 5.74) is -0.280. The summed E-state index contributed by atoms with van der Waals surface area (Å²) in [6.45, 7) is 13.4. The van der Waals surface area contributed by atoms with Crippen LogP contribution in [-0.4, -0.2) is 58.7 Å². The monoisotopic (exact) mass is 1040 g/mol. The number of nitrogens with zero attached hydrogens (tertiary/aromatic N) is 4. The van der Waals surface area contributed by atoms with E-state index in [9.17, 15) is 32.0 Å². The average Bonchev–Trinajstić information content (AvgIpc) is 3.67. The minimum atomic E-state index is -4.58. The van der Waals surface area contributed by atoms with Crippen LogP contribution in [0.3, 0.4) is 0 Å². The van der Waals surface area contributed by atoms with Crippen molar-refractivity contribution in [1.82, 2.24) is 9.78 Å². The van der Waals surface area contributed by atoms with E-state index >= 15 is 0 Å². The number of phenols is 1. The summed E-state index contributed by atoms with van der Waals surface area (Å²) in [6.07, 6.45) is 18.0. The lowest BCUT2D eigenvalue weighted by Gasteiger charge is -2.34. The Morgan fingerprint density at radius 3 is 1.89 bits per heavy atom. The van der Waals surface area contributed by atoms with E-state index in [4.69, 9.17) is 14.2 Å². The van der Waals surface area contributed by atoms with Crippen LogP contribution < -0.4 is 24.5 Å². The number of phenolic OH excluding ortho intramolecular Hbond substituents is 1. The van der Waals surface area contributed by atoms with E-state index in [1.165, 1.54) is 125 Å². The summed E-state index contributed by atoms with van der Waals surface area (Å²) in [6, 6.07) is 22.7. The van der Waals surface area contributed by atoms with Crippen LogP contribution in [0.1, 0.15) is 149 Å². The number of anilines is 2. The summed E-state index contributed by atoms with van der Waals surface area (Å²) < 4.78 is 79.8. The molecule has 0 saturated heterocycles. The van der Waals surface area contributed by atoms with Crippen molar-refractivity contribution in [3.05, 3.63) is 107 Å². The van der Waals surface area contributed by atoms with Crippen LogP contribution in [0.15, 0.2) is 110 Å². The molecule has 73 heavy (non-hydrogen) atoms. The maximum atomic E-state index is 14.4. The van der Waals surface area contributed by atoms with Gasteiger partial charge < -0.3 is 19.3 Å². The van der Waals surface area contributed by atoms with Gasteiger partial charge in [0.1, 0.15) is 34.8 Å². The molecule has 0 amide bonds. The average molecular weight is 1040 g/mol. The third kappa shape index (κ3) is 17.5. The number of nitriles is 1. The maximum absolute atomic E-state index is 14.4. The van der Waals surface area contributed by atoms with Gasteiger partial charge in [-0.15, -0.1) is 5.11 Å². The highest BCUT2D eigenvalue weighted by Crippen LogP contribution is 2.45. The number of hydrogen-bond acceptors (Lipinski definition) is 12. The second-order valence-corrected chi connectivity index (χ2v) is 23.6. The van der Waals surface area contributed by atoms with Gasteiger partial charge in [0.2, 0.25) is 0 Å². The Hall–Kier alpha value is -6.16. The van der Waals surface area contributed by atoms with E-state index in [1.807, 2.05) is 6.07 Å². The Bertz CT molecular complexity index is 2900. The van der Waals surface area contributed by atoms with Crippen molar-refractivity contribution in [2.45, 2.75) is 153 Å². The summed E-state index contributed by atoms with van der Waals surface area (Å²) in [5, 5.41) is 31.9. The van der Waals surface area contributed by atoms with Crippen molar-refractivity contribution in [3.8, 4) is 29.0 Å². The van der Waals surface area contributed by atoms with Gasteiger partial charge in [0, 0.05) is 18.7 Å². The molecule has 16 nitrogen and oxygen atoms in total. The summed E-state index contributed by atoms with van der Waals surface area (Å²) in [5.74, 6) is 0.0538.